The first kappa shape index (κ1) is 20.2. The Morgan fingerprint density at radius 2 is 1.81 bits per heavy atom. The molecule has 1 saturated heterocycles. The zero-order valence-electron chi connectivity index (χ0n) is 15.2. The molecule has 1 fully saturated rings. The third-order valence-electron chi connectivity index (χ3n) is 3.67. The van der Waals surface area contributed by atoms with Crippen LogP contribution in [0.15, 0.2) is 24.3 Å². The highest BCUT2D eigenvalue weighted by Crippen LogP contribution is 2.19. The van der Waals surface area contributed by atoms with Crippen molar-refractivity contribution in [1.29, 1.82) is 0 Å². The Kier molecular flexibility index (Phi) is 6.72. The van der Waals surface area contributed by atoms with Crippen LogP contribution in [0.25, 0.3) is 0 Å². The van der Waals surface area contributed by atoms with Crippen molar-refractivity contribution in [3.8, 4) is 0 Å². The molecular weight excluding hydrogens is 354 g/mol. The van der Waals surface area contributed by atoms with Crippen LogP contribution in [-0.4, -0.2) is 55.6 Å². The van der Waals surface area contributed by atoms with Crippen LogP contribution in [0.5, 0.6) is 0 Å². The van der Waals surface area contributed by atoms with E-state index in [0.29, 0.717) is 24.5 Å². The van der Waals surface area contributed by atoms with Gasteiger partial charge in [0.1, 0.15) is 6.61 Å². The summed E-state index contributed by atoms with van der Waals surface area (Å²) in [6.45, 7) is 4.40. The summed E-state index contributed by atoms with van der Waals surface area (Å²) in [5, 5.41) is 7.26. The molecule has 1 heterocycles. The summed E-state index contributed by atoms with van der Waals surface area (Å²) in [6, 6.07) is 4.13. The lowest BCUT2D eigenvalue weighted by atomic mass is 10.2. The first-order chi connectivity index (χ1) is 12.8. The molecule has 2 rings (SSSR count). The van der Waals surface area contributed by atoms with Gasteiger partial charge in [0.2, 0.25) is 5.91 Å². The number of carbonyl (C=O) groups excluding carboxylic acids is 4. The van der Waals surface area contributed by atoms with E-state index in [4.69, 9.17) is 10.5 Å². The molecule has 0 radical (unpaired) electrons. The van der Waals surface area contributed by atoms with Crippen molar-refractivity contribution in [1.82, 2.24) is 10.6 Å². The van der Waals surface area contributed by atoms with Crippen molar-refractivity contribution in [2.75, 3.05) is 30.0 Å². The second kappa shape index (κ2) is 8.99. The van der Waals surface area contributed by atoms with E-state index in [-0.39, 0.29) is 18.6 Å². The number of nitrogens with one attached hydrogen (secondary N) is 3. The van der Waals surface area contributed by atoms with E-state index in [1.807, 2.05) is 0 Å². The molecule has 1 aromatic carbocycles. The van der Waals surface area contributed by atoms with Crippen molar-refractivity contribution in [2.24, 2.45) is 5.73 Å². The number of nitrogens with two attached hydrogens (primary N) is 1. The molecule has 1 aromatic rings. The van der Waals surface area contributed by atoms with E-state index in [2.05, 4.69) is 16.0 Å². The highest BCUT2D eigenvalue weighted by Gasteiger charge is 2.27. The van der Waals surface area contributed by atoms with Gasteiger partial charge in [-0.25, -0.2) is 4.79 Å². The number of amides is 5. The molecular formula is C17H23N5O5. The van der Waals surface area contributed by atoms with E-state index in [1.54, 1.807) is 43.0 Å². The normalized spacial score (nSPS) is 15.2. The van der Waals surface area contributed by atoms with Gasteiger partial charge in [-0.3, -0.25) is 14.4 Å². The first-order valence-electron chi connectivity index (χ1n) is 8.43. The van der Waals surface area contributed by atoms with Gasteiger partial charge in [0.15, 0.2) is 6.04 Å². The van der Waals surface area contributed by atoms with Crippen molar-refractivity contribution >= 4 is 35.1 Å². The minimum absolute atomic E-state index is 0.0306. The molecule has 0 aromatic heterocycles. The van der Waals surface area contributed by atoms with Crippen LogP contribution >= 0.6 is 0 Å². The van der Waals surface area contributed by atoms with E-state index in [1.165, 1.54) is 0 Å². The number of carbonyl (C=O) groups is 4. The summed E-state index contributed by atoms with van der Waals surface area (Å²) >= 11 is 0. The molecule has 0 saturated carbocycles. The molecule has 0 spiro atoms. The zero-order chi connectivity index (χ0) is 20.0. The molecule has 146 valence electrons. The Balaban J connectivity index is 2.01. The smallest absolute Gasteiger partial charge is 0.316 e. The number of anilines is 2. The quantitative estimate of drug-likeness (QED) is 0.497. The second-order valence-electron chi connectivity index (χ2n) is 6.24. The van der Waals surface area contributed by atoms with E-state index in [0.717, 1.165) is 0 Å². The Bertz CT molecular complexity index is 719. The highest BCUT2D eigenvalue weighted by molar-refractivity contribution is 6.11. The van der Waals surface area contributed by atoms with Gasteiger partial charge >= 0.3 is 6.03 Å². The van der Waals surface area contributed by atoms with Crippen molar-refractivity contribution in [2.45, 2.75) is 25.9 Å². The lowest BCUT2D eigenvalue weighted by Gasteiger charge is -2.27. The van der Waals surface area contributed by atoms with Crippen LogP contribution in [0.1, 0.15) is 13.8 Å². The SMILES string of the molecule is CC(C)NC(=O)N[C@@H](C(N)=O)C(=O)Nc1ccc(N2CCOCC2=O)cc1. The molecule has 1 aliphatic heterocycles. The van der Waals surface area contributed by atoms with Crippen LogP contribution in [0, 0.1) is 0 Å². The largest absolute Gasteiger partial charge is 0.370 e. The molecule has 5 amide bonds. The summed E-state index contributed by atoms with van der Waals surface area (Å²) in [5.41, 5.74) is 6.27. The van der Waals surface area contributed by atoms with Crippen molar-refractivity contribution in [3.05, 3.63) is 24.3 Å². The Morgan fingerprint density at radius 3 is 2.37 bits per heavy atom. The maximum absolute atomic E-state index is 12.3. The lowest BCUT2D eigenvalue weighted by molar-refractivity contribution is -0.128. The average molecular weight is 377 g/mol. The number of ether oxygens (including phenoxy) is 1. The van der Waals surface area contributed by atoms with E-state index >= 15 is 0 Å². The molecule has 27 heavy (non-hydrogen) atoms. The van der Waals surface area contributed by atoms with Gasteiger partial charge in [-0.15, -0.1) is 0 Å². The number of hydrogen-bond donors (Lipinski definition) is 4. The van der Waals surface area contributed by atoms with Gasteiger partial charge in [-0.1, -0.05) is 0 Å². The molecule has 0 unspecified atom stereocenters. The molecule has 1 aliphatic rings. The third kappa shape index (κ3) is 5.68. The number of rotatable bonds is 6. The van der Waals surface area contributed by atoms with Crippen LogP contribution in [0.3, 0.4) is 0 Å². The average Bonchev–Trinajstić information content (AvgIpc) is 2.60. The van der Waals surface area contributed by atoms with Crippen LogP contribution in [0.2, 0.25) is 0 Å². The van der Waals surface area contributed by atoms with Crippen LogP contribution in [0.4, 0.5) is 16.2 Å². The van der Waals surface area contributed by atoms with E-state index < -0.39 is 23.9 Å². The predicted octanol–water partition coefficient (Wildman–Crippen LogP) is -0.450. The molecule has 1 atom stereocenters. The van der Waals surface area contributed by atoms with Gasteiger partial charge in [-0.05, 0) is 38.1 Å². The van der Waals surface area contributed by atoms with E-state index in [9.17, 15) is 19.2 Å². The summed E-state index contributed by atoms with van der Waals surface area (Å²) in [7, 11) is 0. The summed E-state index contributed by atoms with van der Waals surface area (Å²) in [5.74, 6) is -1.90. The van der Waals surface area contributed by atoms with Gasteiger partial charge in [0.05, 0.1) is 6.61 Å². The summed E-state index contributed by atoms with van der Waals surface area (Å²) in [6.07, 6.45) is 0. The maximum atomic E-state index is 12.3. The minimum Gasteiger partial charge on any atom is -0.370 e. The number of benzene rings is 1. The van der Waals surface area contributed by atoms with Crippen molar-refractivity contribution in [3.63, 3.8) is 0 Å². The Morgan fingerprint density at radius 1 is 1.15 bits per heavy atom. The molecule has 10 heteroatoms. The second-order valence-corrected chi connectivity index (χ2v) is 6.24. The first-order valence-corrected chi connectivity index (χ1v) is 8.43. The summed E-state index contributed by atoms with van der Waals surface area (Å²) in [4.78, 5) is 48.9. The topological polar surface area (TPSA) is 143 Å². The molecule has 0 aliphatic carbocycles. The zero-order valence-corrected chi connectivity index (χ0v) is 15.2. The van der Waals surface area contributed by atoms with Gasteiger partial charge < -0.3 is 31.3 Å². The third-order valence-corrected chi connectivity index (χ3v) is 3.67. The lowest BCUT2D eigenvalue weighted by Crippen LogP contribution is -2.55. The number of primary amides is 1. The molecule has 10 nitrogen and oxygen atoms in total. The summed E-state index contributed by atoms with van der Waals surface area (Å²) < 4.78 is 5.08. The molecule has 0 bridgehead atoms. The fourth-order valence-corrected chi connectivity index (χ4v) is 2.43. The number of morpholine rings is 1. The monoisotopic (exact) mass is 377 g/mol. The fraction of sp³-hybridized carbons (Fsp3) is 0.412. The standard InChI is InChI=1S/C17H23N5O5/c1-10(2)19-17(26)21-14(15(18)24)16(25)20-11-3-5-12(6-4-11)22-7-8-27-9-13(22)23/h3-6,10,14H,7-9H2,1-2H3,(H2,18,24)(H,20,25)(H2,19,21,26)/t14-/m0/s1. The minimum atomic E-state index is -1.52. The Labute approximate surface area is 156 Å². The predicted molar refractivity (Wildman–Crippen MR) is 98.0 cm³/mol. The van der Waals surface area contributed by atoms with Gasteiger partial charge in [0.25, 0.3) is 11.8 Å². The van der Waals surface area contributed by atoms with Gasteiger partial charge in [0, 0.05) is 24.0 Å². The van der Waals surface area contributed by atoms with Gasteiger partial charge in [-0.2, -0.15) is 0 Å². The Hall–Kier alpha value is -3.14. The fourth-order valence-electron chi connectivity index (χ4n) is 2.43. The molecule has 5 N–H and O–H groups in total. The van der Waals surface area contributed by atoms with Crippen LogP contribution < -0.4 is 26.6 Å². The number of urea groups is 1. The highest BCUT2D eigenvalue weighted by atomic mass is 16.5. The number of nitrogens with zero attached hydrogens (tertiary/aromatic N) is 1. The van der Waals surface area contributed by atoms with Crippen molar-refractivity contribution < 1.29 is 23.9 Å². The van der Waals surface area contributed by atoms with Crippen LogP contribution in [-0.2, 0) is 19.1 Å². The maximum Gasteiger partial charge on any atom is 0.316 e. The number of hydrogen-bond acceptors (Lipinski definition) is 5.